The van der Waals surface area contributed by atoms with E-state index in [0.29, 0.717) is 0 Å². The van der Waals surface area contributed by atoms with Crippen LogP contribution in [0.5, 0.6) is 0 Å². The Labute approximate surface area is 83.1 Å². The number of sulfonamides is 1. The van der Waals surface area contributed by atoms with Crippen LogP contribution in [0.4, 0.5) is 0 Å². The average Bonchev–Trinajstić information content (AvgIpc) is 2.01. The first-order valence-corrected chi connectivity index (χ1v) is 5.07. The fraction of sp³-hybridized carbons (Fsp3) is 0.222. The normalized spacial score (nSPS) is 8.29. The number of amides is 1. The van der Waals surface area contributed by atoms with Gasteiger partial charge in [0.1, 0.15) is 5.75 Å². The molecule has 0 saturated heterocycles. The Balaban J connectivity index is 4.32. The summed E-state index contributed by atoms with van der Waals surface area (Å²) in [5.74, 6) is 9.79. The highest BCUT2D eigenvalue weighted by Crippen LogP contribution is 1.81. The molecule has 0 heterocycles. The van der Waals surface area contributed by atoms with Gasteiger partial charge in [0.25, 0.3) is 0 Å². The van der Waals surface area contributed by atoms with Crippen molar-refractivity contribution in [3.8, 4) is 36.0 Å². The molecule has 0 unspecified atom stereocenters. The molecule has 0 aromatic rings. The highest BCUT2D eigenvalue weighted by molar-refractivity contribution is 7.90. The molecule has 4 nitrogen and oxygen atoms in total. The number of hydrogen-bond donors (Lipinski definition) is 1. The van der Waals surface area contributed by atoms with E-state index in [1.807, 2.05) is 5.92 Å². The van der Waals surface area contributed by atoms with Gasteiger partial charge in [0, 0.05) is 6.92 Å². The van der Waals surface area contributed by atoms with Crippen molar-refractivity contribution < 1.29 is 13.2 Å². The molecule has 0 radical (unpaired) electrons. The standard InChI is InChI=1S/C9H7NO3S/c1-3-4-5-6-7-8-14(12,13)10-9(2)11/h1H,8H2,2H3,(H,10,11). The van der Waals surface area contributed by atoms with Gasteiger partial charge in [-0.1, -0.05) is 5.92 Å². The maximum Gasteiger partial charge on any atom is 0.246 e. The van der Waals surface area contributed by atoms with E-state index in [9.17, 15) is 13.2 Å². The van der Waals surface area contributed by atoms with Gasteiger partial charge >= 0.3 is 0 Å². The Bertz CT molecular complexity index is 474. The van der Waals surface area contributed by atoms with Gasteiger partial charge in [-0.2, -0.15) is 0 Å². The van der Waals surface area contributed by atoms with Crippen molar-refractivity contribution in [2.45, 2.75) is 6.92 Å². The third-order valence-electron chi connectivity index (χ3n) is 0.847. The molecule has 5 heteroatoms. The number of carbonyl (C=O) groups is 1. The van der Waals surface area contributed by atoms with Gasteiger partial charge < -0.3 is 0 Å². The number of hydrogen-bond acceptors (Lipinski definition) is 3. The monoisotopic (exact) mass is 209 g/mol. The van der Waals surface area contributed by atoms with Crippen molar-refractivity contribution in [3.63, 3.8) is 0 Å². The van der Waals surface area contributed by atoms with E-state index in [0.717, 1.165) is 6.92 Å². The summed E-state index contributed by atoms with van der Waals surface area (Å²) in [6, 6.07) is 0. The summed E-state index contributed by atoms with van der Waals surface area (Å²) < 4.78 is 23.7. The molecule has 0 aliphatic heterocycles. The summed E-state index contributed by atoms with van der Waals surface area (Å²) in [5, 5.41) is 0. The molecule has 0 rings (SSSR count). The van der Waals surface area contributed by atoms with Gasteiger partial charge in [-0.15, -0.1) is 6.42 Å². The third-order valence-corrected chi connectivity index (χ3v) is 1.97. The minimum absolute atomic E-state index is 0.480. The van der Waals surface area contributed by atoms with Crippen LogP contribution in [-0.4, -0.2) is 20.1 Å². The van der Waals surface area contributed by atoms with Crippen molar-refractivity contribution in [2.24, 2.45) is 0 Å². The molecule has 72 valence electrons. The van der Waals surface area contributed by atoms with Gasteiger partial charge in [0.05, 0.1) is 0 Å². The maximum atomic E-state index is 11.0. The molecule has 0 aromatic heterocycles. The van der Waals surface area contributed by atoms with Gasteiger partial charge in [0.2, 0.25) is 15.9 Å². The lowest BCUT2D eigenvalue weighted by Gasteiger charge is -1.97. The van der Waals surface area contributed by atoms with Crippen LogP contribution >= 0.6 is 0 Å². The van der Waals surface area contributed by atoms with Crippen molar-refractivity contribution in [3.05, 3.63) is 0 Å². The predicted molar refractivity (Wildman–Crippen MR) is 52.0 cm³/mol. The molecule has 0 saturated carbocycles. The maximum absolute atomic E-state index is 11.0. The number of carbonyl (C=O) groups excluding carboxylic acids is 1. The van der Waals surface area contributed by atoms with Crippen LogP contribution in [-0.2, 0) is 14.8 Å². The summed E-state index contributed by atoms with van der Waals surface area (Å²) in [6.07, 6.45) is 4.80. The molecule has 14 heavy (non-hydrogen) atoms. The lowest BCUT2D eigenvalue weighted by molar-refractivity contribution is -0.117. The minimum atomic E-state index is -3.66. The van der Waals surface area contributed by atoms with Crippen LogP contribution in [0, 0.1) is 36.0 Å². The zero-order valence-corrected chi connectivity index (χ0v) is 8.23. The van der Waals surface area contributed by atoms with Gasteiger partial charge in [-0.05, 0) is 23.7 Å². The molecule has 0 bridgehead atoms. The zero-order valence-electron chi connectivity index (χ0n) is 7.42. The second kappa shape index (κ2) is 5.70. The summed E-state index contributed by atoms with van der Waals surface area (Å²) in [5.41, 5.74) is 0. The van der Waals surface area contributed by atoms with Gasteiger partial charge in [-0.25, -0.2) is 8.42 Å². The van der Waals surface area contributed by atoms with Crippen LogP contribution in [0.3, 0.4) is 0 Å². The fourth-order valence-corrected chi connectivity index (χ4v) is 1.27. The van der Waals surface area contributed by atoms with Crippen LogP contribution in [0.2, 0.25) is 0 Å². The molecule has 0 atom stereocenters. The summed E-state index contributed by atoms with van der Waals surface area (Å²) >= 11 is 0. The van der Waals surface area contributed by atoms with Gasteiger partial charge in [0.15, 0.2) is 0 Å². The number of nitrogens with one attached hydrogen (secondary N) is 1. The summed E-state index contributed by atoms with van der Waals surface area (Å²) in [7, 11) is -3.66. The van der Waals surface area contributed by atoms with E-state index in [2.05, 4.69) is 23.7 Å². The first kappa shape index (κ1) is 12.1. The Morgan fingerprint density at radius 1 is 1.36 bits per heavy atom. The Morgan fingerprint density at radius 2 is 2.00 bits per heavy atom. The molecule has 1 amide bonds. The minimum Gasteiger partial charge on any atom is -0.274 e. The predicted octanol–water partition coefficient (Wildman–Crippen LogP) is -0.908. The summed E-state index contributed by atoms with van der Waals surface area (Å²) in [4.78, 5) is 10.4. The molecule has 0 aliphatic rings. The lowest BCUT2D eigenvalue weighted by Crippen LogP contribution is -2.29. The van der Waals surface area contributed by atoms with Crippen molar-refractivity contribution in [2.75, 3.05) is 5.75 Å². The molecular formula is C9H7NO3S. The highest BCUT2D eigenvalue weighted by Gasteiger charge is 2.08. The van der Waals surface area contributed by atoms with Gasteiger partial charge in [-0.3, -0.25) is 9.52 Å². The topological polar surface area (TPSA) is 63.2 Å². The quantitative estimate of drug-likeness (QED) is 0.599. The first-order chi connectivity index (χ1) is 6.48. The number of rotatable bonds is 2. The largest absolute Gasteiger partial charge is 0.274 e. The number of terminal acetylenes is 1. The molecule has 1 N–H and O–H groups in total. The molecule has 0 aliphatic carbocycles. The Hall–Kier alpha value is -1.90. The van der Waals surface area contributed by atoms with E-state index in [-0.39, 0.29) is 0 Å². The third kappa shape index (κ3) is 6.79. The van der Waals surface area contributed by atoms with Crippen LogP contribution in [0.25, 0.3) is 0 Å². The van der Waals surface area contributed by atoms with Crippen molar-refractivity contribution in [1.82, 2.24) is 4.72 Å². The smallest absolute Gasteiger partial charge is 0.246 e. The SMILES string of the molecule is C#CC#CC#CCS(=O)(=O)NC(C)=O. The van der Waals surface area contributed by atoms with Crippen LogP contribution in [0.15, 0.2) is 0 Å². The molecule has 0 aromatic carbocycles. The molecular weight excluding hydrogens is 202 g/mol. The van der Waals surface area contributed by atoms with Crippen LogP contribution in [0.1, 0.15) is 6.92 Å². The summed E-state index contributed by atoms with van der Waals surface area (Å²) in [6.45, 7) is 1.10. The fourth-order valence-electron chi connectivity index (χ4n) is 0.498. The lowest BCUT2D eigenvalue weighted by atomic mass is 10.5. The second-order valence-corrected chi connectivity index (χ2v) is 3.84. The average molecular weight is 209 g/mol. The highest BCUT2D eigenvalue weighted by atomic mass is 32.2. The van der Waals surface area contributed by atoms with E-state index in [1.54, 1.807) is 4.72 Å². The van der Waals surface area contributed by atoms with Crippen LogP contribution < -0.4 is 4.72 Å². The van der Waals surface area contributed by atoms with Crippen molar-refractivity contribution >= 4 is 15.9 Å². The van der Waals surface area contributed by atoms with E-state index in [4.69, 9.17) is 6.42 Å². The zero-order chi connectivity index (χ0) is 11.0. The van der Waals surface area contributed by atoms with E-state index >= 15 is 0 Å². The van der Waals surface area contributed by atoms with Crippen molar-refractivity contribution in [1.29, 1.82) is 0 Å². The molecule has 0 spiro atoms. The molecule has 0 fully saturated rings. The van der Waals surface area contributed by atoms with E-state index in [1.165, 1.54) is 0 Å². The van der Waals surface area contributed by atoms with E-state index < -0.39 is 21.7 Å². The Morgan fingerprint density at radius 3 is 2.50 bits per heavy atom. The Kier molecular flexibility index (Phi) is 4.92. The first-order valence-electron chi connectivity index (χ1n) is 3.42. The second-order valence-electron chi connectivity index (χ2n) is 2.11.